The molecule has 0 spiro atoms. The Morgan fingerprint density at radius 1 is 1.02 bits per heavy atom. The monoisotopic (exact) mass is 643 g/mol. The number of aliphatic hydroxyl groups excluding tert-OH is 1. The van der Waals surface area contributed by atoms with Crippen molar-refractivity contribution in [2.24, 2.45) is 5.92 Å². The van der Waals surface area contributed by atoms with Gasteiger partial charge in [0.15, 0.2) is 25.6 Å². The van der Waals surface area contributed by atoms with E-state index < -0.39 is 70.1 Å². The van der Waals surface area contributed by atoms with Crippen molar-refractivity contribution in [3.8, 4) is 0 Å². The van der Waals surface area contributed by atoms with Crippen LogP contribution >= 0.6 is 0 Å². The van der Waals surface area contributed by atoms with Crippen molar-refractivity contribution < 1.29 is 33.8 Å². The summed E-state index contributed by atoms with van der Waals surface area (Å²) in [6.07, 6.45) is -1.52. The number of hydrogen-bond donors (Lipinski definition) is 2. The van der Waals surface area contributed by atoms with Crippen LogP contribution in [-0.2, 0) is 14.0 Å². The van der Waals surface area contributed by atoms with Crippen LogP contribution in [0.15, 0.2) is 41.3 Å². The molecule has 2 bridgehead atoms. The molecule has 5 rings (SSSR count). The molecular weight excluding hydrogens is 599 g/mol. The fourth-order valence-electron chi connectivity index (χ4n) is 7.73. The summed E-state index contributed by atoms with van der Waals surface area (Å²) in [5.74, 6) is -6.36. The molecule has 0 aliphatic carbocycles. The molecule has 2 amide bonds. The van der Waals surface area contributed by atoms with Crippen molar-refractivity contribution >= 4 is 39.6 Å². The summed E-state index contributed by atoms with van der Waals surface area (Å²) >= 11 is 0. The molecule has 44 heavy (non-hydrogen) atoms. The number of carbonyl (C=O) groups excluding carboxylic acids is 3. The number of hydrogen-bond acceptors (Lipinski definition) is 9. The minimum atomic E-state index is -2.96. The average molecular weight is 644 g/mol. The number of Topliss-reactive ketones (excluding diaryl/α,β-unsaturated/α-hetero) is 1. The lowest BCUT2D eigenvalue weighted by Crippen LogP contribution is -2.68. The second-order valence-corrected chi connectivity index (χ2v) is 25.9. The Kier molecular flexibility index (Phi) is 9.70. The fraction of sp³-hybridized carbons (Fsp3) is 0.581. The molecule has 3 aliphatic heterocycles. The summed E-state index contributed by atoms with van der Waals surface area (Å²) < 4.78 is 14.4. The molecule has 1 aromatic carbocycles. The SMILES string of the molecule is CC(=O)N1C(=O)c2ccccc2C(=O)[C@H]2[C@@H](O[C@H](CO)[C@]2(O)O[Si](C(C)C)(C(C)C)[SiH](C(C)C)C(C)C)n2ccc1nc2=O. The predicted octanol–water partition coefficient (Wildman–Crippen LogP) is 3.74. The van der Waals surface area contributed by atoms with Gasteiger partial charge in [0, 0.05) is 18.7 Å². The van der Waals surface area contributed by atoms with Crippen LogP contribution in [0.1, 0.15) is 89.3 Å². The van der Waals surface area contributed by atoms with Crippen LogP contribution in [-0.4, -0.2) is 72.0 Å². The molecule has 11 nitrogen and oxygen atoms in total. The zero-order chi connectivity index (χ0) is 32.9. The van der Waals surface area contributed by atoms with Crippen LogP contribution in [0.3, 0.4) is 0 Å². The molecular formula is C31H45N3O8Si2. The lowest BCUT2D eigenvalue weighted by atomic mass is 9.86. The highest BCUT2D eigenvalue weighted by atomic mass is 29.2. The zero-order valence-corrected chi connectivity index (χ0v) is 29.1. The van der Waals surface area contributed by atoms with E-state index in [2.05, 4.69) is 60.4 Å². The molecule has 1 fully saturated rings. The Morgan fingerprint density at radius 2 is 1.59 bits per heavy atom. The maximum Gasteiger partial charge on any atom is 0.351 e. The van der Waals surface area contributed by atoms with Crippen LogP contribution in [0.25, 0.3) is 0 Å². The first-order valence-corrected chi connectivity index (χ1v) is 20.5. The first-order valence-electron chi connectivity index (χ1n) is 15.3. The number of rotatable bonds is 8. The fourth-order valence-corrected chi connectivity index (χ4v) is 27.5. The Hall–Kier alpha value is -2.82. The van der Waals surface area contributed by atoms with Crippen LogP contribution in [0.5, 0.6) is 0 Å². The van der Waals surface area contributed by atoms with Gasteiger partial charge in [0.25, 0.3) is 5.91 Å². The molecule has 3 aliphatic rings. The van der Waals surface area contributed by atoms with Gasteiger partial charge < -0.3 is 19.4 Å². The molecule has 240 valence electrons. The van der Waals surface area contributed by atoms with E-state index in [-0.39, 0.29) is 28.0 Å². The van der Waals surface area contributed by atoms with Gasteiger partial charge in [-0.3, -0.25) is 19.0 Å². The summed E-state index contributed by atoms with van der Waals surface area (Å²) in [7, 11) is -4.79. The highest BCUT2D eigenvalue weighted by Gasteiger charge is 2.66. The highest BCUT2D eigenvalue weighted by molar-refractivity contribution is 7.32. The van der Waals surface area contributed by atoms with Crippen LogP contribution in [0, 0.1) is 5.92 Å². The van der Waals surface area contributed by atoms with Crippen LogP contribution in [0.4, 0.5) is 5.82 Å². The molecule has 0 saturated carbocycles. The summed E-state index contributed by atoms with van der Waals surface area (Å²) in [6.45, 7) is 17.6. The van der Waals surface area contributed by atoms with Gasteiger partial charge in [-0.25, -0.2) is 9.69 Å². The largest absolute Gasteiger partial charge is 0.393 e. The number of fused-ring (bicyclic) bond motifs is 3. The van der Waals surface area contributed by atoms with Gasteiger partial charge in [0.1, 0.15) is 17.8 Å². The number of ketones is 1. The number of imide groups is 1. The van der Waals surface area contributed by atoms with E-state index in [0.29, 0.717) is 11.1 Å². The third kappa shape index (κ3) is 5.37. The van der Waals surface area contributed by atoms with E-state index in [1.165, 1.54) is 24.4 Å². The quantitative estimate of drug-likeness (QED) is 0.324. The molecule has 1 saturated heterocycles. The number of carbonyl (C=O) groups is 3. The molecule has 4 atom stereocenters. The molecule has 0 unspecified atom stereocenters. The van der Waals surface area contributed by atoms with Crippen molar-refractivity contribution in [1.29, 1.82) is 0 Å². The van der Waals surface area contributed by atoms with Crippen molar-refractivity contribution in [3.05, 3.63) is 58.1 Å². The van der Waals surface area contributed by atoms with Gasteiger partial charge in [-0.15, -0.1) is 0 Å². The summed E-state index contributed by atoms with van der Waals surface area (Å²) in [5.41, 5.74) is -0.390. The summed E-state index contributed by atoms with van der Waals surface area (Å²) in [6, 6.07) is 7.31. The minimum Gasteiger partial charge on any atom is -0.393 e. The van der Waals surface area contributed by atoms with Crippen LogP contribution < -0.4 is 10.6 Å². The number of benzene rings is 1. The van der Waals surface area contributed by atoms with Gasteiger partial charge in [-0.05, 0) is 23.2 Å². The number of aromatic nitrogens is 2. The molecule has 4 heterocycles. The second-order valence-electron chi connectivity index (χ2n) is 13.3. The number of amides is 2. The van der Waals surface area contributed by atoms with Gasteiger partial charge in [-0.1, -0.05) is 84.7 Å². The van der Waals surface area contributed by atoms with Gasteiger partial charge in [-0.2, -0.15) is 4.98 Å². The highest BCUT2D eigenvalue weighted by Crippen LogP contribution is 2.52. The van der Waals surface area contributed by atoms with Crippen molar-refractivity contribution in [3.63, 3.8) is 0 Å². The molecule has 1 aromatic heterocycles. The van der Waals surface area contributed by atoms with E-state index in [9.17, 15) is 29.4 Å². The molecule has 2 aromatic rings. The van der Waals surface area contributed by atoms with E-state index >= 15 is 0 Å². The Bertz CT molecular complexity index is 1480. The van der Waals surface area contributed by atoms with Crippen molar-refractivity contribution in [1.82, 2.24) is 9.55 Å². The Balaban J connectivity index is 2.06. The minimum absolute atomic E-state index is 0.0332. The lowest BCUT2D eigenvalue weighted by molar-refractivity contribution is -0.200. The third-order valence-electron chi connectivity index (χ3n) is 9.31. The lowest BCUT2D eigenvalue weighted by Gasteiger charge is -2.52. The number of ether oxygens (including phenoxy) is 1. The maximum atomic E-state index is 14.8. The number of nitrogens with zero attached hydrogens (tertiary/aromatic N) is 3. The molecule has 2 N–H and O–H groups in total. The van der Waals surface area contributed by atoms with Crippen molar-refractivity contribution in [2.45, 2.75) is 103 Å². The first kappa shape index (κ1) is 34.1. The first-order chi connectivity index (χ1) is 20.5. The van der Waals surface area contributed by atoms with E-state index in [1.54, 1.807) is 12.1 Å². The topological polar surface area (TPSA) is 148 Å². The standard InChI is InChI=1S/C31H45N3O8Si2/c1-17(2)43(18(3)4)44(19(5)6,20(7)8)42-31(40)24(16-35)41-29-26(31)27(37)22-12-10-11-13-23(22)28(38)34(21(9)36)25-14-15-33(29)30(39)32-25/h10-15,17-20,24,26,29,35,40,43H,16H2,1-9H3/t24-,26+,29-,31+/m1/s1. The van der Waals surface area contributed by atoms with E-state index in [4.69, 9.17) is 9.16 Å². The molecule has 0 radical (unpaired) electrons. The van der Waals surface area contributed by atoms with E-state index in [1.807, 2.05) is 0 Å². The number of aliphatic hydroxyl groups is 2. The Labute approximate surface area is 260 Å². The van der Waals surface area contributed by atoms with Gasteiger partial charge in [0.05, 0.1) is 20.5 Å². The van der Waals surface area contributed by atoms with Crippen LogP contribution in [0.2, 0.25) is 22.2 Å². The predicted molar refractivity (Wildman–Crippen MR) is 171 cm³/mol. The molecule has 13 heteroatoms. The summed E-state index contributed by atoms with van der Waals surface area (Å²) in [4.78, 5) is 59.5. The van der Waals surface area contributed by atoms with E-state index in [0.717, 1.165) is 16.4 Å². The maximum absolute atomic E-state index is 14.8. The van der Waals surface area contributed by atoms with Gasteiger partial charge >= 0.3 is 5.69 Å². The third-order valence-corrected chi connectivity index (χ3v) is 29.0. The Morgan fingerprint density at radius 3 is 2.07 bits per heavy atom. The average Bonchev–Trinajstić information content (AvgIpc) is 3.21. The van der Waals surface area contributed by atoms with Gasteiger partial charge in [0.2, 0.25) is 5.91 Å². The smallest absolute Gasteiger partial charge is 0.351 e. The zero-order valence-electron chi connectivity index (χ0n) is 27.0. The normalized spacial score (nSPS) is 24.1. The van der Waals surface area contributed by atoms with Crippen molar-refractivity contribution in [2.75, 3.05) is 11.5 Å². The number of anilines is 1. The summed E-state index contributed by atoms with van der Waals surface area (Å²) in [5, 5.41) is 23.5. The second kappa shape index (κ2) is 12.5.